The van der Waals surface area contributed by atoms with Crippen LogP contribution < -0.4 is 5.32 Å². The number of carboxylic acid groups (broad SMARTS) is 1. The van der Waals surface area contributed by atoms with Crippen molar-refractivity contribution < 1.29 is 19.1 Å². The smallest absolute Gasteiger partial charge is 0.347 e. The van der Waals surface area contributed by atoms with Gasteiger partial charge in [-0.2, -0.15) is 0 Å². The molecule has 0 saturated carbocycles. The van der Waals surface area contributed by atoms with Gasteiger partial charge < -0.3 is 10.4 Å². The molecule has 1 atom stereocenters. The summed E-state index contributed by atoms with van der Waals surface area (Å²) in [4.78, 5) is 29.7. The van der Waals surface area contributed by atoms with Gasteiger partial charge in [0.15, 0.2) is 5.13 Å². The number of carbonyl (C=O) groups is 2. The molecule has 8 heteroatoms. The first kappa shape index (κ1) is 18.5. The Morgan fingerprint density at radius 3 is 2.92 bits per heavy atom. The molecule has 2 N–H and O–H groups in total. The molecule has 0 radical (unpaired) electrons. The molecule has 6 nitrogen and oxygen atoms in total. The van der Waals surface area contributed by atoms with Gasteiger partial charge >= 0.3 is 5.97 Å². The van der Waals surface area contributed by atoms with E-state index in [1.54, 1.807) is 13.0 Å². The van der Waals surface area contributed by atoms with Crippen LogP contribution in [0.25, 0.3) is 0 Å². The Bertz CT molecular complexity index is 824. The number of hydrogen-bond acceptors (Lipinski definition) is 5. The van der Waals surface area contributed by atoms with Gasteiger partial charge in [0.05, 0.1) is 12.2 Å². The summed E-state index contributed by atoms with van der Waals surface area (Å²) in [6.07, 6.45) is 2.89. The van der Waals surface area contributed by atoms with Crippen LogP contribution in [0.4, 0.5) is 9.52 Å². The molecule has 138 valence electrons. The van der Waals surface area contributed by atoms with Crippen molar-refractivity contribution in [2.24, 2.45) is 0 Å². The highest BCUT2D eigenvalue weighted by Gasteiger charge is 2.26. The number of nitrogens with one attached hydrogen (secondary N) is 1. The number of halogens is 1. The predicted octanol–water partition coefficient (Wildman–Crippen LogP) is 3.45. The summed E-state index contributed by atoms with van der Waals surface area (Å²) in [5, 5.41) is 12.0. The fraction of sp³-hybridized carbons (Fsp3) is 0.389. The van der Waals surface area contributed by atoms with Crippen LogP contribution in [-0.2, 0) is 4.79 Å². The molecule has 1 aromatic heterocycles. The van der Waals surface area contributed by atoms with E-state index in [9.17, 15) is 14.0 Å². The molecule has 0 aliphatic carbocycles. The van der Waals surface area contributed by atoms with Crippen molar-refractivity contribution in [1.82, 2.24) is 9.88 Å². The molecule has 3 rings (SSSR count). The van der Waals surface area contributed by atoms with Crippen LogP contribution in [0.1, 0.15) is 46.2 Å². The summed E-state index contributed by atoms with van der Waals surface area (Å²) in [5.74, 6) is -1.58. The monoisotopic (exact) mass is 377 g/mol. The minimum absolute atomic E-state index is 0.00203. The van der Waals surface area contributed by atoms with Gasteiger partial charge in [-0.25, -0.2) is 14.2 Å². The van der Waals surface area contributed by atoms with Gasteiger partial charge in [-0.3, -0.25) is 9.69 Å². The zero-order valence-electron chi connectivity index (χ0n) is 14.4. The highest BCUT2D eigenvalue weighted by molar-refractivity contribution is 7.17. The number of carboxylic acids is 1. The van der Waals surface area contributed by atoms with E-state index in [1.165, 1.54) is 12.1 Å². The predicted molar refractivity (Wildman–Crippen MR) is 97.0 cm³/mol. The standard InChI is InChI=1S/C18H20FN3O3S/c1-11-16(17(24)25)26-18(20-11)21-15(23)10-22-8-3-2-7-14(22)12-5-4-6-13(19)9-12/h4-6,9,14H,2-3,7-8,10H2,1H3,(H,24,25)(H,20,21,23)/t14-/m1/s1. The van der Waals surface area contributed by atoms with Crippen LogP contribution in [0.2, 0.25) is 0 Å². The number of hydrogen-bond donors (Lipinski definition) is 2. The first-order chi connectivity index (χ1) is 12.4. The van der Waals surface area contributed by atoms with Crippen molar-refractivity contribution >= 4 is 28.3 Å². The van der Waals surface area contributed by atoms with E-state index in [4.69, 9.17) is 5.11 Å². The summed E-state index contributed by atoms with van der Waals surface area (Å²) in [7, 11) is 0. The maximum absolute atomic E-state index is 13.6. The van der Waals surface area contributed by atoms with Crippen molar-refractivity contribution in [3.05, 3.63) is 46.2 Å². The molecule has 26 heavy (non-hydrogen) atoms. The number of likely N-dealkylation sites (tertiary alicyclic amines) is 1. The molecule has 1 aliphatic rings. The molecule has 0 unspecified atom stereocenters. The molecule has 0 bridgehead atoms. The van der Waals surface area contributed by atoms with E-state index in [1.807, 2.05) is 11.0 Å². The lowest BCUT2D eigenvalue weighted by molar-refractivity contribution is -0.118. The third kappa shape index (κ3) is 4.25. The number of anilines is 1. The molecule has 0 spiro atoms. The SMILES string of the molecule is Cc1nc(NC(=O)CN2CCCC[C@@H]2c2cccc(F)c2)sc1C(=O)O. The number of aryl methyl sites for hydroxylation is 1. The fourth-order valence-corrected chi connectivity index (χ4v) is 4.08. The maximum Gasteiger partial charge on any atom is 0.347 e. The van der Waals surface area contributed by atoms with Gasteiger partial charge in [0.1, 0.15) is 10.7 Å². The second-order valence-electron chi connectivity index (χ2n) is 6.32. The van der Waals surface area contributed by atoms with Gasteiger partial charge in [0.2, 0.25) is 5.91 Å². The Labute approximate surface area is 154 Å². The molecule has 1 saturated heterocycles. The van der Waals surface area contributed by atoms with Gasteiger partial charge in [0.25, 0.3) is 0 Å². The number of amides is 1. The molecule has 1 aliphatic heterocycles. The third-order valence-corrected chi connectivity index (χ3v) is 5.49. The first-order valence-corrected chi connectivity index (χ1v) is 9.26. The van der Waals surface area contributed by atoms with E-state index in [2.05, 4.69) is 10.3 Å². The number of thiazole rings is 1. The second kappa shape index (κ2) is 7.92. The average Bonchev–Trinajstić information content (AvgIpc) is 2.95. The molecule has 1 aromatic carbocycles. The van der Waals surface area contributed by atoms with Crippen LogP contribution in [-0.4, -0.2) is 40.0 Å². The number of benzene rings is 1. The van der Waals surface area contributed by atoms with Crippen molar-refractivity contribution in [2.75, 3.05) is 18.4 Å². The molecule has 2 aromatic rings. The Morgan fingerprint density at radius 1 is 1.42 bits per heavy atom. The van der Waals surface area contributed by atoms with Gasteiger partial charge in [-0.05, 0) is 44.0 Å². The lowest BCUT2D eigenvalue weighted by Crippen LogP contribution is -2.39. The summed E-state index contributed by atoms with van der Waals surface area (Å²) < 4.78 is 13.6. The number of aromatic carboxylic acids is 1. The number of nitrogens with zero attached hydrogens (tertiary/aromatic N) is 2. The van der Waals surface area contributed by atoms with E-state index in [0.717, 1.165) is 42.7 Å². The minimum Gasteiger partial charge on any atom is -0.477 e. The number of carbonyl (C=O) groups excluding carboxylic acids is 1. The normalized spacial score (nSPS) is 17.8. The maximum atomic E-state index is 13.6. The van der Waals surface area contributed by atoms with Crippen molar-refractivity contribution in [2.45, 2.75) is 32.2 Å². The zero-order chi connectivity index (χ0) is 18.7. The van der Waals surface area contributed by atoms with Crippen LogP contribution in [0.15, 0.2) is 24.3 Å². The molecule has 1 amide bonds. The summed E-state index contributed by atoms with van der Waals surface area (Å²) in [5.41, 5.74) is 1.25. The Morgan fingerprint density at radius 2 is 2.23 bits per heavy atom. The van der Waals surface area contributed by atoms with Crippen LogP contribution >= 0.6 is 11.3 Å². The molecular formula is C18H20FN3O3S. The molecule has 1 fully saturated rings. The Kier molecular flexibility index (Phi) is 5.63. The van der Waals surface area contributed by atoms with Gasteiger partial charge in [0, 0.05) is 6.04 Å². The first-order valence-electron chi connectivity index (χ1n) is 8.44. The van der Waals surface area contributed by atoms with E-state index in [-0.39, 0.29) is 34.3 Å². The lowest BCUT2D eigenvalue weighted by atomic mass is 9.95. The van der Waals surface area contributed by atoms with Gasteiger partial charge in [-0.15, -0.1) is 0 Å². The Hall–Kier alpha value is -2.32. The van der Waals surface area contributed by atoms with E-state index < -0.39 is 5.97 Å². The number of rotatable bonds is 5. The summed E-state index contributed by atoms with van der Waals surface area (Å²) in [6, 6.07) is 6.49. The zero-order valence-corrected chi connectivity index (χ0v) is 15.2. The van der Waals surface area contributed by atoms with Gasteiger partial charge in [-0.1, -0.05) is 29.9 Å². The van der Waals surface area contributed by atoms with Crippen LogP contribution in [0.3, 0.4) is 0 Å². The highest BCUT2D eigenvalue weighted by Crippen LogP contribution is 2.31. The van der Waals surface area contributed by atoms with E-state index in [0.29, 0.717) is 5.69 Å². The van der Waals surface area contributed by atoms with Crippen molar-refractivity contribution in [1.29, 1.82) is 0 Å². The molecule has 2 heterocycles. The van der Waals surface area contributed by atoms with Crippen LogP contribution in [0, 0.1) is 12.7 Å². The summed E-state index contributed by atoms with van der Waals surface area (Å²) in [6.45, 7) is 2.51. The van der Waals surface area contributed by atoms with E-state index >= 15 is 0 Å². The summed E-state index contributed by atoms with van der Waals surface area (Å²) >= 11 is 0.946. The second-order valence-corrected chi connectivity index (χ2v) is 7.32. The number of aromatic nitrogens is 1. The van der Waals surface area contributed by atoms with Crippen LogP contribution in [0.5, 0.6) is 0 Å². The van der Waals surface area contributed by atoms with Crippen molar-refractivity contribution in [3.63, 3.8) is 0 Å². The fourth-order valence-electron chi connectivity index (χ4n) is 3.26. The number of piperidine rings is 1. The molecular weight excluding hydrogens is 357 g/mol. The Balaban J connectivity index is 1.68. The van der Waals surface area contributed by atoms with Crippen molar-refractivity contribution in [3.8, 4) is 0 Å². The highest BCUT2D eigenvalue weighted by atomic mass is 32.1. The largest absolute Gasteiger partial charge is 0.477 e. The topological polar surface area (TPSA) is 82.5 Å². The lowest BCUT2D eigenvalue weighted by Gasteiger charge is -2.35. The quantitative estimate of drug-likeness (QED) is 0.834. The third-order valence-electron chi connectivity index (χ3n) is 4.43. The minimum atomic E-state index is -1.05. The average molecular weight is 377 g/mol.